The standard InChI is InChI=1S/C14H20BrFN2O/c15-12-4-3-11(10-13(12)16)14(2-1-9-19)18-7-5-17-6-8-18/h3-4,10,14,17,19H,1-2,5-9H2/t14-/m1/s1. The maximum Gasteiger partial charge on any atom is 0.137 e. The van der Waals surface area contributed by atoms with Crippen molar-refractivity contribution in [3.63, 3.8) is 0 Å². The summed E-state index contributed by atoms with van der Waals surface area (Å²) >= 11 is 3.19. The highest BCUT2D eigenvalue weighted by atomic mass is 79.9. The Morgan fingerprint density at radius 1 is 1.37 bits per heavy atom. The number of hydrogen-bond acceptors (Lipinski definition) is 3. The zero-order valence-electron chi connectivity index (χ0n) is 10.9. The minimum Gasteiger partial charge on any atom is -0.396 e. The molecule has 2 rings (SSSR count). The van der Waals surface area contributed by atoms with Gasteiger partial charge in [-0.15, -0.1) is 0 Å². The van der Waals surface area contributed by atoms with Crippen molar-refractivity contribution in [1.82, 2.24) is 10.2 Å². The van der Waals surface area contributed by atoms with Gasteiger partial charge >= 0.3 is 0 Å². The van der Waals surface area contributed by atoms with Crippen LogP contribution in [0.1, 0.15) is 24.4 Å². The molecule has 0 saturated carbocycles. The summed E-state index contributed by atoms with van der Waals surface area (Å²) in [5.74, 6) is -0.221. The Morgan fingerprint density at radius 2 is 2.11 bits per heavy atom. The smallest absolute Gasteiger partial charge is 0.137 e. The van der Waals surface area contributed by atoms with Gasteiger partial charge in [0.2, 0.25) is 0 Å². The molecule has 0 aromatic heterocycles. The number of piperazine rings is 1. The average Bonchev–Trinajstić information content (AvgIpc) is 2.44. The molecule has 1 saturated heterocycles. The molecule has 2 N–H and O–H groups in total. The summed E-state index contributed by atoms with van der Waals surface area (Å²) in [4.78, 5) is 2.37. The molecule has 1 aromatic carbocycles. The minimum absolute atomic E-state index is 0.182. The summed E-state index contributed by atoms with van der Waals surface area (Å²) < 4.78 is 14.2. The fourth-order valence-electron chi connectivity index (χ4n) is 2.56. The number of aliphatic hydroxyl groups is 1. The molecule has 1 atom stereocenters. The Hall–Kier alpha value is -0.490. The first-order chi connectivity index (χ1) is 9.22. The summed E-state index contributed by atoms with van der Waals surface area (Å²) in [6.07, 6.45) is 1.60. The maximum atomic E-state index is 13.7. The lowest BCUT2D eigenvalue weighted by Crippen LogP contribution is -2.45. The van der Waals surface area contributed by atoms with E-state index < -0.39 is 0 Å². The van der Waals surface area contributed by atoms with E-state index in [2.05, 4.69) is 26.1 Å². The maximum absolute atomic E-state index is 13.7. The van der Waals surface area contributed by atoms with Crippen LogP contribution in [0.15, 0.2) is 22.7 Å². The third-order valence-corrected chi connectivity index (χ3v) is 4.20. The summed E-state index contributed by atoms with van der Waals surface area (Å²) in [6.45, 7) is 4.05. The van der Waals surface area contributed by atoms with Crippen LogP contribution in [-0.2, 0) is 0 Å². The van der Waals surface area contributed by atoms with Gasteiger partial charge in [-0.05, 0) is 46.5 Å². The number of hydrogen-bond donors (Lipinski definition) is 2. The van der Waals surface area contributed by atoms with Crippen molar-refractivity contribution >= 4 is 15.9 Å². The molecule has 0 aliphatic carbocycles. The predicted molar refractivity (Wildman–Crippen MR) is 77.6 cm³/mol. The molecule has 3 nitrogen and oxygen atoms in total. The first-order valence-corrected chi connectivity index (χ1v) is 7.52. The number of benzene rings is 1. The molecule has 5 heteroatoms. The highest BCUT2D eigenvalue weighted by Gasteiger charge is 2.22. The van der Waals surface area contributed by atoms with Gasteiger partial charge in [-0.3, -0.25) is 4.90 Å². The van der Waals surface area contributed by atoms with E-state index in [0.29, 0.717) is 4.47 Å². The van der Waals surface area contributed by atoms with Crippen LogP contribution in [0, 0.1) is 5.82 Å². The Kier molecular flexibility index (Phi) is 5.76. The lowest BCUT2D eigenvalue weighted by atomic mass is 9.99. The van der Waals surface area contributed by atoms with Crippen molar-refractivity contribution in [2.24, 2.45) is 0 Å². The van der Waals surface area contributed by atoms with Crippen LogP contribution in [-0.4, -0.2) is 42.8 Å². The molecule has 1 fully saturated rings. The van der Waals surface area contributed by atoms with Gasteiger partial charge in [0.15, 0.2) is 0 Å². The van der Waals surface area contributed by atoms with Gasteiger partial charge in [-0.2, -0.15) is 0 Å². The Morgan fingerprint density at radius 3 is 2.74 bits per heavy atom. The highest BCUT2D eigenvalue weighted by Crippen LogP contribution is 2.28. The van der Waals surface area contributed by atoms with E-state index in [1.807, 2.05) is 6.07 Å². The van der Waals surface area contributed by atoms with Crippen LogP contribution >= 0.6 is 15.9 Å². The van der Waals surface area contributed by atoms with Gasteiger partial charge in [0.05, 0.1) is 4.47 Å². The Labute approximate surface area is 121 Å². The number of aliphatic hydroxyl groups excluding tert-OH is 1. The molecular formula is C14H20BrFN2O. The second-order valence-electron chi connectivity index (χ2n) is 4.84. The van der Waals surface area contributed by atoms with Gasteiger partial charge in [0.25, 0.3) is 0 Å². The van der Waals surface area contributed by atoms with Crippen molar-refractivity contribution in [2.45, 2.75) is 18.9 Å². The van der Waals surface area contributed by atoms with Crippen molar-refractivity contribution in [3.8, 4) is 0 Å². The first kappa shape index (κ1) is 14.9. The number of rotatable bonds is 5. The zero-order valence-corrected chi connectivity index (χ0v) is 12.5. The minimum atomic E-state index is -0.221. The normalized spacial score (nSPS) is 18.5. The fraction of sp³-hybridized carbons (Fsp3) is 0.571. The topological polar surface area (TPSA) is 35.5 Å². The largest absolute Gasteiger partial charge is 0.396 e. The predicted octanol–water partition coefficient (Wildman–Crippen LogP) is 2.31. The Bertz CT molecular complexity index is 410. The molecule has 106 valence electrons. The van der Waals surface area contributed by atoms with Crippen LogP contribution in [0.2, 0.25) is 0 Å². The molecule has 0 amide bonds. The quantitative estimate of drug-likeness (QED) is 0.869. The van der Waals surface area contributed by atoms with Crippen molar-refractivity contribution in [2.75, 3.05) is 32.8 Å². The van der Waals surface area contributed by atoms with Gasteiger partial charge < -0.3 is 10.4 Å². The van der Waals surface area contributed by atoms with E-state index in [1.165, 1.54) is 0 Å². The molecule has 0 unspecified atom stereocenters. The molecule has 0 radical (unpaired) electrons. The molecule has 0 spiro atoms. The monoisotopic (exact) mass is 330 g/mol. The second kappa shape index (κ2) is 7.33. The van der Waals surface area contributed by atoms with Crippen molar-refractivity contribution < 1.29 is 9.50 Å². The molecule has 1 heterocycles. The third-order valence-electron chi connectivity index (χ3n) is 3.56. The van der Waals surface area contributed by atoms with Crippen molar-refractivity contribution in [3.05, 3.63) is 34.1 Å². The lowest BCUT2D eigenvalue weighted by Gasteiger charge is -2.35. The molecule has 0 bridgehead atoms. The van der Waals surface area contributed by atoms with Gasteiger partial charge in [-0.1, -0.05) is 6.07 Å². The van der Waals surface area contributed by atoms with E-state index in [9.17, 15) is 4.39 Å². The van der Waals surface area contributed by atoms with Crippen LogP contribution in [0.4, 0.5) is 4.39 Å². The molecule has 19 heavy (non-hydrogen) atoms. The van der Waals surface area contributed by atoms with E-state index in [4.69, 9.17) is 5.11 Å². The molecule has 1 aliphatic heterocycles. The summed E-state index contributed by atoms with van der Waals surface area (Å²) in [7, 11) is 0. The molecular weight excluding hydrogens is 311 g/mol. The fourth-order valence-corrected chi connectivity index (χ4v) is 2.80. The highest BCUT2D eigenvalue weighted by molar-refractivity contribution is 9.10. The summed E-state index contributed by atoms with van der Waals surface area (Å²) in [5.41, 5.74) is 0.996. The van der Waals surface area contributed by atoms with E-state index >= 15 is 0 Å². The van der Waals surface area contributed by atoms with E-state index in [0.717, 1.165) is 44.6 Å². The zero-order chi connectivity index (χ0) is 13.7. The SMILES string of the molecule is OCCC[C@H](c1ccc(Br)c(F)c1)N1CCNCC1. The lowest BCUT2D eigenvalue weighted by molar-refractivity contribution is 0.154. The van der Waals surface area contributed by atoms with Crippen LogP contribution in [0.5, 0.6) is 0 Å². The van der Waals surface area contributed by atoms with Crippen LogP contribution in [0.3, 0.4) is 0 Å². The third kappa shape index (κ3) is 3.99. The van der Waals surface area contributed by atoms with Gasteiger partial charge in [0, 0.05) is 38.8 Å². The van der Waals surface area contributed by atoms with Crippen LogP contribution < -0.4 is 5.32 Å². The number of nitrogens with zero attached hydrogens (tertiary/aromatic N) is 1. The van der Waals surface area contributed by atoms with Crippen LogP contribution in [0.25, 0.3) is 0 Å². The van der Waals surface area contributed by atoms with Gasteiger partial charge in [-0.25, -0.2) is 4.39 Å². The van der Waals surface area contributed by atoms with E-state index in [1.54, 1.807) is 12.1 Å². The van der Waals surface area contributed by atoms with Crippen molar-refractivity contribution in [1.29, 1.82) is 0 Å². The van der Waals surface area contributed by atoms with E-state index in [-0.39, 0.29) is 18.5 Å². The Balaban J connectivity index is 2.17. The molecule has 1 aliphatic rings. The molecule has 1 aromatic rings. The summed E-state index contributed by atoms with van der Waals surface area (Å²) in [5, 5.41) is 12.4. The number of nitrogens with one attached hydrogen (secondary N) is 1. The first-order valence-electron chi connectivity index (χ1n) is 6.73. The summed E-state index contributed by atoms with van der Waals surface area (Å²) in [6, 6.07) is 5.53. The number of halogens is 2. The average molecular weight is 331 g/mol. The van der Waals surface area contributed by atoms with Gasteiger partial charge in [0.1, 0.15) is 5.82 Å². The second-order valence-corrected chi connectivity index (χ2v) is 5.70.